The Morgan fingerprint density at radius 2 is 2.33 bits per heavy atom. The zero-order chi connectivity index (χ0) is 13.1. The molecule has 0 aliphatic heterocycles. The molecule has 0 bridgehead atoms. The molecule has 1 aromatic carbocycles. The molecule has 0 unspecified atom stereocenters. The first kappa shape index (κ1) is 12.8. The van der Waals surface area contributed by atoms with E-state index in [1.807, 2.05) is 12.3 Å². The van der Waals surface area contributed by atoms with Crippen molar-refractivity contribution < 1.29 is 5.11 Å². The maximum absolute atomic E-state index is 9.41. The Kier molecular flexibility index (Phi) is 3.80. The quantitative estimate of drug-likeness (QED) is 0.851. The number of allylic oxidation sites excluding steroid dienone is 1. The minimum absolute atomic E-state index is 0.177. The predicted molar refractivity (Wildman–Crippen MR) is 76.1 cm³/mol. The van der Waals surface area contributed by atoms with Crippen molar-refractivity contribution in [2.45, 2.75) is 6.92 Å². The van der Waals surface area contributed by atoms with Gasteiger partial charge in [0.05, 0.1) is 10.0 Å². The van der Waals surface area contributed by atoms with Crippen LogP contribution >= 0.6 is 27.3 Å². The molecule has 18 heavy (non-hydrogen) atoms. The van der Waals surface area contributed by atoms with Crippen LogP contribution in [0.5, 0.6) is 5.75 Å². The van der Waals surface area contributed by atoms with Crippen molar-refractivity contribution in [3.05, 3.63) is 44.3 Å². The van der Waals surface area contributed by atoms with Crippen molar-refractivity contribution in [3.8, 4) is 11.8 Å². The second kappa shape index (κ2) is 5.34. The Morgan fingerprint density at radius 1 is 1.56 bits per heavy atom. The monoisotopic (exact) mass is 320 g/mol. The van der Waals surface area contributed by atoms with Gasteiger partial charge in [0.1, 0.15) is 16.8 Å². The molecular weight excluding hydrogens is 312 g/mol. The summed E-state index contributed by atoms with van der Waals surface area (Å²) in [5.41, 5.74) is 2.26. The number of nitrogens with zero attached hydrogens (tertiary/aromatic N) is 2. The lowest BCUT2D eigenvalue weighted by Gasteiger charge is -1.99. The number of benzene rings is 1. The summed E-state index contributed by atoms with van der Waals surface area (Å²) in [5.74, 6) is 0.177. The summed E-state index contributed by atoms with van der Waals surface area (Å²) in [6.45, 7) is 1.89. The van der Waals surface area contributed by atoms with Crippen molar-refractivity contribution in [1.82, 2.24) is 4.98 Å². The highest BCUT2D eigenvalue weighted by atomic mass is 79.9. The lowest BCUT2D eigenvalue weighted by Crippen LogP contribution is -1.82. The SMILES string of the molecule is Cc1csc(/C(C#N)=C\c2ccc(O)c(Br)c2)n1. The zero-order valence-electron chi connectivity index (χ0n) is 9.51. The molecular formula is C13H9BrN2OS. The number of nitriles is 1. The molecule has 1 heterocycles. The summed E-state index contributed by atoms with van der Waals surface area (Å²) in [6.07, 6.45) is 1.75. The summed E-state index contributed by atoms with van der Waals surface area (Å²) < 4.78 is 0.601. The lowest BCUT2D eigenvalue weighted by atomic mass is 10.1. The van der Waals surface area contributed by atoms with Gasteiger partial charge in [-0.05, 0) is 46.6 Å². The van der Waals surface area contributed by atoms with E-state index in [1.54, 1.807) is 24.3 Å². The van der Waals surface area contributed by atoms with Gasteiger partial charge in [0, 0.05) is 11.1 Å². The standard InChI is InChI=1S/C13H9BrN2OS/c1-8-7-18-13(16-8)10(6-15)4-9-2-3-12(17)11(14)5-9/h2-5,7,17H,1H3/b10-4-. The van der Waals surface area contributed by atoms with E-state index in [2.05, 4.69) is 27.0 Å². The van der Waals surface area contributed by atoms with Crippen LogP contribution in [0.1, 0.15) is 16.3 Å². The second-order valence-electron chi connectivity index (χ2n) is 3.67. The van der Waals surface area contributed by atoms with Crippen LogP contribution in [0.25, 0.3) is 11.6 Å². The molecule has 0 fully saturated rings. The third-order valence-electron chi connectivity index (χ3n) is 2.25. The first-order valence-corrected chi connectivity index (χ1v) is 6.80. The van der Waals surface area contributed by atoms with Gasteiger partial charge in [0.25, 0.3) is 0 Å². The van der Waals surface area contributed by atoms with Gasteiger partial charge in [-0.3, -0.25) is 0 Å². The van der Waals surface area contributed by atoms with Gasteiger partial charge in [0.15, 0.2) is 0 Å². The molecule has 1 aromatic heterocycles. The number of phenolic OH excluding ortho intramolecular Hbond substituents is 1. The molecule has 0 saturated heterocycles. The predicted octanol–water partition coefficient (Wildman–Crippen LogP) is 3.98. The fourth-order valence-corrected chi connectivity index (χ4v) is 2.56. The summed E-state index contributed by atoms with van der Waals surface area (Å²) in [7, 11) is 0. The first-order valence-electron chi connectivity index (χ1n) is 5.13. The Hall–Kier alpha value is -1.64. The van der Waals surface area contributed by atoms with Gasteiger partial charge in [-0.2, -0.15) is 5.26 Å². The third kappa shape index (κ3) is 2.78. The third-order valence-corrected chi connectivity index (χ3v) is 3.88. The second-order valence-corrected chi connectivity index (χ2v) is 5.39. The normalized spacial score (nSPS) is 11.3. The fourth-order valence-electron chi connectivity index (χ4n) is 1.40. The first-order chi connectivity index (χ1) is 8.60. The Balaban J connectivity index is 2.41. The highest BCUT2D eigenvalue weighted by Crippen LogP contribution is 2.27. The lowest BCUT2D eigenvalue weighted by molar-refractivity contribution is 0.472. The minimum Gasteiger partial charge on any atom is -0.507 e. The Morgan fingerprint density at radius 3 is 2.89 bits per heavy atom. The highest BCUT2D eigenvalue weighted by Gasteiger charge is 2.06. The van der Waals surface area contributed by atoms with Crippen LogP contribution < -0.4 is 0 Å². The molecule has 5 heteroatoms. The van der Waals surface area contributed by atoms with E-state index in [9.17, 15) is 5.11 Å². The Bertz CT molecular complexity index is 655. The van der Waals surface area contributed by atoms with E-state index >= 15 is 0 Å². The van der Waals surface area contributed by atoms with Crippen molar-refractivity contribution in [1.29, 1.82) is 5.26 Å². The summed E-state index contributed by atoms with van der Waals surface area (Å²) >= 11 is 4.69. The molecule has 0 aliphatic rings. The number of aromatic nitrogens is 1. The summed E-state index contributed by atoms with van der Waals surface area (Å²) in [6, 6.07) is 7.23. The van der Waals surface area contributed by atoms with Crippen LogP contribution in [0, 0.1) is 18.3 Å². The molecule has 0 spiro atoms. The maximum atomic E-state index is 9.41. The average molecular weight is 321 g/mol. The van der Waals surface area contributed by atoms with Crippen molar-refractivity contribution in [3.63, 3.8) is 0 Å². The molecule has 1 N–H and O–H groups in total. The number of aromatic hydroxyl groups is 1. The number of rotatable bonds is 2. The van der Waals surface area contributed by atoms with E-state index in [0.29, 0.717) is 15.1 Å². The van der Waals surface area contributed by atoms with Gasteiger partial charge in [-0.25, -0.2) is 4.98 Å². The molecule has 0 saturated carbocycles. The van der Waals surface area contributed by atoms with Crippen LogP contribution in [0.3, 0.4) is 0 Å². The Labute approximate surface area is 117 Å². The van der Waals surface area contributed by atoms with Crippen LogP contribution in [0.15, 0.2) is 28.1 Å². The van der Waals surface area contributed by atoms with Gasteiger partial charge >= 0.3 is 0 Å². The van der Waals surface area contributed by atoms with E-state index in [-0.39, 0.29) is 5.75 Å². The van der Waals surface area contributed by atoms with Crippen LogP contribution in [0.2, 0.25) is 0 Å². The maximum Gasteiger partial charge on any atom is 0.134 e. The molecule has 0 atom stereocenters. The van der Waals surface area contributed by atoms with Crippen molar-refractivity contribution in [2.24, 2.45) is 0 Å². The van der Waals surface area contributed by atoms with Gasteiger partial charge in [0.2, 0.25) is 0 Å². The summed E-state index contributed by atoms with van der Waals surface area (Å²) in [5, 5.41) is 21.2. The van der Waals surface area contributed by atoms with Crippen molar-refractivity contribution in [2.75, 3.05) is 0 Å². The molecule has 90 valence electrons. The zero-order valence-corrected chi connectivity index (χ0v) is 11.9. The molecule has 2 aromatic rings. The molecule has 3 nitrogen and oxygen atoms in total. The fraction of sp³-hybridized carbons (Fsp3) is 0.0769. The topological polar surface area (TPSA) is 56.9 Å². The number of halogens is 1. The number of aryl methyl sites for hydroxylation is 1. The molecule has 0 aliphatic carbocycles. The van der Waals surface area contributed by atoms with E-state index in [0.717, 1.165) is 11.3 Å². The van der Waals surface area contributed by atoms with Crippen LogP contribution in [0.4, 0.5) is 0 Å². The average Bonchev–Trinajstić information content (AvgIpc) is 2.77. The largest absolute Gasteiger partial charge is 0.507 e. The summed E-state index contributed by atoms with van der Waals surface area (Å²) in [4.78, 5) is 4.28. The van der Waals surface area contributed by atoms with E-state index in [1.165, 1.54) is 11.3 Å². The van der Waals surface area contributed by atoms with Gasteiger partial charge < -0.3 is 5.11 Å². The van der Waals surface area contributed by atoms with Crippen molar-refractivity contribution >= 4 is 38.9 Å². The van der Waals surface area contributed by atoms with Gasteiger partial charge in [-0.1, -0.05) is 6.07 Å². The molecule has 0 amide bonds. The van der Waals surface area contributed by atoms with E-state index < -0.39 is 0 Å². The molecule has 0 radical (unpaired) electrons. The smallest absolute Gasteiger partial charge is 0.134 e. The van der Waals surface area contributed by atoms with Crippen LogP contribution in [-0.4, -0.2) is 10.1 Å². The number of phenols is 1. The number of thiazole rings is 1. The highest BCUT2D eigenvalue weighted by molar-refractivity contribution is 9.10. The van der Waals surface area contributed by atoms with Gasteiger partial charge in [-0.15, -0.1) is 11.3 Å². The number of hydrogen-bond donors (Lipinski definition) is 1. The van der Waals surface area contributed by atoms with E-state index in [4.69, 9.17) is 5.26 Å². The number of hydrogen-bond acceptors (Lipinski definition) is 4. The van der Waals surface area contributed by atoms with Crippen LogP contribution in [-0.2, 0) is 0 Å². The molecule has 2 rings (SSSR count). The minimum atomic E-state index is 0.177.